The third kappa shape index (κ3) is 20.9. The van der Waals surface area contributed by atoms with E-state index in [9.17, 15) is 0 Å². The lowest BCUT2D eigenvalue weighted by atomic mass is 10.1. The highest BCUT2D eigenvalue weighted by Crippen LogP contribution is 2.06. The van der Waals surface area contributed by atoms with Gasteiger partial charge in [-0.05, 0) is 84.3 Å². The molecular weight excluding hydrogens is 528 g/mol. The maximum atomic E-state index is 8.63. The molecule has 5 rings (SSSR count). The molecule has 0 unspecified atom stereocenters. The summed E-state index contributed by atoms with van der Waals surface area (Å²) in [5, 5.41) is 25.9. The highest BCUT2D eigenvalue weighted by atomic mass is 16.3. The van der Waals surface area contributed by atoms with E-state index in [1.807, 2.05) is 18.2 Å². The summed E-state index contributed by atoms with van der Waals surface area (Å²) in [6.45, 7) is 8.73. The van der Waals surface area contributed by atoms with Crippen LogP contribution in [-0.4, -0.2) is 15.3 Å². The summed E-state index contributed by atoms with van der Waals surface area (Å²) in [4.78, 5) is 0. The molecule has 0 radical (unpaired) electrons. The van der Waals surface area contributed by atoms with Gasteiger partial charge in [0.25, 0.3) is 0 Å². The topological polar surface area (TPSA) is 60.7 Å². The van der Waals surface area contributed by atoms with Crippen molar-refractivity contribution in [2.45, 2.75) is 68.2 Å². The van der Waals surface area contributed by atoms with Gasteiger partial charge in [-0.15, -0.1) is 0 Å². The predicted molar refractivity (Wildman–Crippen MR) is 188 cm³/mol. The zero-order valence-corrected chi connectivity index (χ0v) is 24.9. The number of phenolic OH excluding ortho intramolecular Hbond substituents is 3. The molecule has 0 fully saturated rings. The minimum absolute atomic E-state index is 0. The van der Waals surface area contributed by atoms with Crippen LogP contribution in [0.2, 0.25) is 0 Å². The first-order valence-electron chi connectivity index (χ1n) is 14.3. The molecule has 0 aliphatic carbocycles. The quantitative estimate of drug-likeness (QED) is 0.197. The Balaban J connectivity index is 0. The Morgan fingerprint density at radius 3 is 0.558 bits per heavy atom. The van der Waals surface area contributed by atoms with Crippen molar-refractivity contribution in [3.05, 3.63) is 162 Å². The number of rotatable bonds is 4. The SMILES string of the molecule is C.C.CCc1ccc(CC)cc1.CCc1ccc(CC)cc1.Oc1ccccc1.Oc1ccccc1.Oc1ccccc1. The molecule has 43 heavy (non-hydrogen) atoms. The molecular formula is C40H54O3. The predicted octanol–water partition coefficient (Wildman–Crippen LogP) is 11.1. The van der Waals surface area contributed by atoms with Gasteiger partial charge in [-0.1, -0.05) is 146 Å². The van der Waals surface area contributed by atoms with Crippen molar-refractivity contribution in [2.75, 3.05) is 0 Å². The van der Waals surface area contributed by atoms with E-state index < -0.39 is 0 Å². The second kappa shape index (κ2) is 26.4. The summed E-state index contributed by atoms with van der Waals surface area (Å²) in [7, 11) is 0. The van der Waals surface area contributed by atoms with Crippen LogP contribution in [0.4, 0.5) is 0 Å². The summed E-state index contributed by atoms with van der Waals surface area (Å²) >= 11 is 0. The molecule has 3 nitrogen and oxygen atoms in total. The highest BCUT2D eigenvalue weighted by Gasteiger charge is 1.89. The second-order valence-corrected chi connectivity index (χ2v) is 9.05. The first-order valence-corrected chi connectivity index (χ1v) is 14.3. The molecule has 0 amide bonds. The molecule has 232 valence electrons. The van der Waals surface area contributed by atoms with Gasteiger partial charge < -0.3 is 15.3 Å². The summed E-state index contributed by atoms with van der Waals surface area (Å²) < 4.78 is 0. The maximum Gasteiger partial charge on any atom is 0.115 e. The molecule has 0 aliphatic rings. The van der Waals surface area contributed by atoms with Crippen LogP contribution in [0.15, 0.2) is 140 Å². The van der Waals surface area contributed by atoms with E-state index in [0.29, 0.717) is 17.2 Å². The van der Waals surface area contributed by atoms with Crippen LogP contribution >= 0.6 is 0 Å². The van der Waals surface area contributed by atoms with Crippen LogP contribution in [-0.2, 0) is 25.7 Å². The van der Waals surface area contributed by atoms with Gasteiger partial charge in [-0.2, -0.15) is 0 Å². The van der Waals surface area contributed by atoms with E-state index in [1.165, 1.54) is 22.3 Å². The van der Waals surface area contributed by atoms with Gasteiger partial charge in [0, 0.05) is 0 Å². The summed E-state index contributed by atoms with van der Waals surface area (Å²) in [6.07, 6.45) is 4.57. The first kappa shape index (κ1) is 40.6. The molecule has 5 aromatic rings. The van der Waals surface area contributed by atoms with Gasteiger partial charge in [-0.3, -0.25) is 0 Å². The largest absolute Gasteiger partial charge is 0.508 e. The van der Waals surface area contributed by atoms with Crippen LogP contribution in [0.1, 0.15) is 64.8 Å². The Bertz CT molecular complexity index is 1070. The molecule has 0 aliphatic heterocycles. The van der Waals surface area contributed by atoms with E-state index in [4.69, 9.17) is 15.3 Å². The van der Waals surface area contributed by atoms with Crippen molar-refractivity contribution in [3.8, 4) is 17.2 Å². The molecule has 5 aromatic carbocycles. The van der Waals surface area contributed by atoms with Crippen LogP contribution < -0.4 is 0 Å². The zero-order chi connectivity index (χ0) is 30.1. The van der Waals surface area contributed by atoms with Crippen molar-refractivity contribution in [3.63, 3.8) is 0 Å². The third-order valence-electron chi connectivity index (χ3n) is 5.95. The molecule has 0 bridgehead atoms. The van der Waals surface area contributed by atoms with Gasteiger partial charge in [0.15, 0.2) is 0 Å². The number of hydrogen-bond donors (Lipinski definition) is 3. The smallest absolute Gasteiger partial charge is 0.115 e. The molecule has 0 aromatic heterocycles. The van der Waals surface area contributed by atoms with Crippen LogP contribution in [0.25, 0.3) is 0 Å². The van der Waals surface area contributed by atoms with E-state index in [2.05, 4.69) is 76.2 Å². The molecule has 0 saturated carbocycles. The Kier molecular flexibility index (Phi) is 25.0. The summed E-state index contributed by atoms with van der Waals surface area (Å²) in [5.41, 5.74) is 5.71. The molecule has 0 heterocycles. The van der Waals surface area contributed by atoms with E-state index in [1.54, 1.807) is 72.8 Å². The van der Waals surface area contributed by atoms with E-state index >= 15 is 0 Å². The number of benzene rings is 5. The molecule has 0 spiro atoms. The van der Waals surface area contributed by atoms with E-state index in [0.717, 1.165) is 25.7 Å². The first-order chi connectivity index (χ1) is 19.9. The van der Waals surface area contributed by atoms with Crippen LogP contribution in [0, 0.1) is 0 Å². The maximum absolute atomic E-state index is 8.63. The average Bonchev–Trinajstić information content (AvgIpc) is 3.03. The number of para-hydroxylation sites is 3. The average molecular weight is 583 g/mol. The van der Waals surface area contributed by atoms with Gasteiger partial charge in [0.05, 0.1) is 0 Å². The molecule has 3 heteroatoms. The monoisotopic (exact) mass is 582 g/mol. The fourth-order valence-corrected chi connectivity index (χ4v) is 3.31. The normalized spacial score (nSPS) is 8.74. The molecule has 0 atom stereocenters. The van der Waals surface area contributed by atoms with Crippen molar-refractivity contribution in [1.82, 2.24) is 0 Å². The lowest BCUT2D eigenvalue weighted by Gasteiger charge is -1.97. The number of aryl methyl sites for hydroxylation is 4. The standard InChI is InChI=1S/2C10H14.3C6H6O.2CH4/c2*1-3-9-5-7-10(4-2)8-6-9;3*7-6-4-2-1-3-5-6;;/h2*5-8H,3-4H2,1-2H3;3*1-5,7H;2*1H4. The van der Waals surface area contributed by atoms with Crippen molar-refractivity contribution >= 4 is 0 Å². The molecule has 0 saturated heterocycles. The van der Waals surface area contributed by atoms with E-state index in [-0.39, 0.29) is 14.9 Å². The van der Waals surface area contributed by atoms with Crippen LogP contribution in [0.3, 0.4) is 0 Å². The lowest BCUT2D eigenvalue weighted by Crippen LogP contribution is -1.81. The fourth-order valence-electron chi connectivity index (χ4n) is 3.31. The summed E-state index contributed by atoms with van der Waals surface area (Å²) in [6, 6.07) is 43.8. The van der Waals surface area contributed by atoms with Gasteiger partial charge in [-0.25, -0.2) is 0 Å². The fraction of sp³-hybridized carbons (Fsp3) is 0.250. The Labute approximate surface area is 262 Å². The van der Waals surface area contributed by atoms with Crippen LogP contribution in [0.5, 0.6) is 17.2 Å². The van der Waals surface area contributed by atoms with Crippen molar-refractivity contribution in [2.24, 2.45) is 0 Å². The minimum Gasteiger partial charge on any atom is -0.508 e. The Morgan fingerprint density at radius 1 is 0.302 bits per heavy atom. The number of phenols is 3. The third-order valence-corrected chi connectivity index (χ3v) is 5.95. The lowest BCUT2D eigenvalue weighted by molar-refractivity contribution is 0.475. The van der Waals surface area contributed by atoms with Gasteiger partial charge in [0.1, 0.15) is 17.2 Å². The minimum atomic E-state index is 0. The number of hydrogen-bond acceptors (Lipinski definition) is 3. The highest BCUT2D eigenvalue weighted by molar-refractivity contribution is 5.23. The zero-order valence-electron chi connectivity index (χ0n) is 24.9. The Morgan fingerprint density at radius 2 is 0.465 bits per heavy atom. The molecule has 3 N–H and O–H groups in total. The number of aromatic hydroxyl groups is 3. The van der Waals surface area contributed by atoms with Crippen molar-refractivity contribution < 1.29 is 15.3 Å². The van der Waals surface area contributed by atoms with Gasteiger partial charge in [0.2, 0.25) is 0 Å². The second-order valence-electron chi connectivity index (χ2n) is 9.05. The Hall–Kier alpha value is -4.50. The van der Waals surface area contributed by atoms with Crippen molar-refractivity contribution in [1.29, 1.82) is 0 Å². The summed E-state index contributed by atoms with van der Waals surface area (Å²) in [5.74, 6) is 0.965. The van der Waals surface area contributed by atoms with Gasteiger partial charge >= 0.3 is 0 Å².